The highest BCUT2D eigenvalue weighted by Crippen LogP contribution is 2.22. The number of hydrogen-bond donors (Lipinski definition) is 0. The average Bonchev–Trinajstić information content (AvgIpc) is 3.20. The molecule has 22 heavy (non-hydrogen) atoms. The molecule has 0 saturated carbocycles. The van der Waals surface area contributed by atoms with Crippen molar-refractivity contribution in [3.05, 3.63) is 44.3 Å². The Hall–Kier alpha value is -1.26. The second-order valence-corrected chi connectivity index (χ2v) is 7.52. The molecule has 0 spiro atoms. The zero-order chi connectivity index (χ0) is 15.8. The fraction of sp³-hybridized carbons (Fsp3) is 0.444. The van der Waals surface area contributed by atoms with E-state index in [1.54, 1.807) is 11.3 Å². The quantitative estimate of drug-likeness (QED) is 0.408. The smallest absolute Gasteiger partial charge is 0.173 e. The Morgan fingerprint density at radius 1 is 0.955 bits per heavy atom. The molecule has 0 bridgehead atoms. The summed E-state index contributed by atoms with van der Waals surface area (Å²) in [5, 5.41) is 1.89. The molecule has 0 fully saturated rings. The summed E-state index contributed by atoms with van der Waals surface area (Å²) in [6.07, 6.45) is 6.65. The number of thiophene rings is 2. The van der Waals surface area contributed by atoms with Gasteiger partial charge in [0.15, 0.2) is 11.6 Å². The molecule has 2 nitrogen and oxygen atoms in total. The first kappa shape index (κ1) is 17.1. The van der Waals surface area contributed by atoms with Gasteiger partial charge >= 0.3 is 0 Å². The van der Waals surface area contributed by atoms with Crippen LogP contribution in [0, 0.1) is 0 Å². The van der Waals surface area contributed by atoms with Crippen molar-refractivity contribution in [3.63, 3.8) is 0 Å². The summed E-state index contributed by atoms with van der Waals surface area (Å²) in [6.45, 7) is 2.21. The standard InChI is InChI=1S/C18H22O2S2/c1-2-3-4-5-7-14-9-12-18(22-14)16(20)11-10-15(19)17-8-6-13-21-17/h6,8-9,12-13H,2-5,7,10-11H2,1H3. The van der Waals surface area contributed by atoms with Gasteiger partial charge in [-0.1, -0.05) is 32.3 Å². The monoisotopic (exact) mass is 334 g/mol. The molecule has 2 aromatic rings. The minimum Gasteiger partial charge on any atom is -0.293 e. The lowest BCUT2D eigenvalue weighted by molar-refractivity contribution is 0.0921. The van der Waals surface area contributed by atoms with Crippen LogP contribution in [-0.4, -0.2) is 11.6 Å². The Morgan fingerprint density at radius 3 is 2.41 bits per heavy atom. The van der Waals surface area contributed by atoms with Crippen LogP contribution < -0.4 is 0 Å². The molecule has 2 rings (SSSR count). The number of ketones is 2. The molecule has 0 saturated heterocycles. The maximum atomic E-state index is 12.2. The van der Waals surface area contributed by atoms with Crippen LogP contribution in [0.25, 0.3) is 0 Å². The Labute approximate surface area is 140 Å². The topological polar surface area (TPSA) is 34.1 Å². The first-order valence-corrected chi connectivity index (χ1v) is 9.59. The molecule has 0 amide bonds. The first-order valence-electron chi connectivity index (χ1n) is 7.89. The van der Waals surface area contributed by atoms with Gasteiger partial charge in [0.05, 0.1) is 9.75 Å². The minimum absolute atomic E-state index is 0.0692. The van der Waals surface area contributed by atoms with Crippen LogP contribution in [0.3, 0.4) is 0 Å². The molecule has 0 aliphatic heterocycles. The van der Waals surface area contributed by atoms with E-state index in [1.807, 2.05) is 23.6 Å². The van der Waals surface area contributed by atoms with Crippen LogP contribution in [0.4, 0.5) is 0 Å². The lowest BCUT2D eigenvalue weighted by Gasteiger charge is -1.98. The number of unbranched alkanes of at least 4 members (excludes halogenated alkanes) is 3. The van der Waals surface area contributed by atoms with Crippen LogP contribution in [0.1, 0.15) is 69.7 Å². The van der Waals surface area contributed by atoms with Crippen molar-refractivity contribution < 1.29 is 9.59 Å². The van der Waals surface area contributed by atoms with Crippen molar-refractivity contribution in [2.75, 3.05) is 0 Å². The van der Waals surface area contributed by atoms with Gasteiger partial charge in [0.2, 0.25) is 0 Å². The van der Waals surface area contributed by atoms with E-state index in [0.29, 0.717) is 12.8 Å². The molecule has 0 aromatic carbocycles. The molecule has 118 valence electrons. The fourth-order valence-electron chi connectivity index (χ4n) is 2.30. The summed E-state index contributed by atoms with van der Waals surface area (Å²) in [6, 6.07) is 7.66. The summed E-state index contributed by atoms with van der Waals surface area (Å²) in [5.74, 6) is 0.161. The molecule has 0 unspecified atom stereocenters. The zero-order valence-electron chi connectivity index (χ0n) is 13.0. The molecular weight excluding hydrogens is 312 g/mol. The summed E-state index contributed by atoms with van der Waals surface area (Å²) in [4.78, 5) is 26.9. The molecule has 0 aliphatic rings. The van der Waals surface area contributed by atoms with Crippen LogP contribution in [0.2, 0.25) is 0 Å². The predicted molar refractivity (Wildman–Crippen MR) is 94.4 cm³/mol. The van der Waals surface area contributed by atoms with Crippen LogP contribution in [0.5, 0.6) is 0 Å². The maximum Gasteiger partial charge on any atom is 0.173 e. The lowest BCUT2D eigenvalue weighted by atomic mass is 10.1. The molecule has 2 aromatic heterocycles. The van der Waals surface area contributed by atoms with Gasteiger partial charge < -0.3 is 0 Å². The normalized spacial score (nSPS) is 10.8. The van der Waals surface area contributed by atoms with Gasteiger partial charge in [0.1, 0.15) is 0 Å². The third-order valence-corrected chi connectivity index (χ3v) is 5.69. The summed E-state index contributed by atoms with van der Waals surface area (Å²) in [7, 11) is 0. The van der Waals surface area contributed by atoms with Crippen molar-refractivity contribution in [1.29, 1.82) is 0 Å². The number of aryl methyl sites for hydroxylation is 1. The third-order valence-electron chi connectivity index (χ3n) is 3.59. The highest BCUT2D eigenvalue weighted by atomic mass is 32.1. The molecule has 0 aliphatic carbocycles. The van der Waals surface area contributed by atoms with Gasteiger partial charge in [-0.05, 0) is 36.4 Å². The van der Waals surface area contributed by atoms with Gasteiger partial charge in [-0.3, -0.25) is 9.59 Å². The van der Waals surface area contributed by atoms with E-state index in [9.17, 15) is 9.59 Å². The second-order valence-electron chi connectivity index (χ2n) is 5.40. The Kier molecular flexibility index (Phi) is 7.00. The predicted octanol–water partition coefficient (Wildman–Crippen LogP) is 5.78. The molecule has 0 N–H and O–H groups in total. The largest absolute Gasteiger partial charge is 0.293 e. The van der Waals surface area contributed by atoms with Gasteiger partial charge in [-0.2, -0.15) is 0 Å². The molecule has 4 heteroatoms. The van der Waals surface area contributed by atoms with Crippen molar-refractivity contribution in [2.45, 2.75) is 51.9 Å². The summed E-state index contributed by atoms with van der Waals surface area (Å²) >= 11 is 3.03. The molecule has 2 heterocycles. The number of carbonyl (C=O) groups excluding carboxylic acids is 2. The summed E-state index contributed by atoms with van der Waals surface area (Å²) < 4.78 is 0. The van der Waals surface area contributed by atoms with E-state index in [-0.39, 0.29) is 11.6 Å². The zero-order valence-corrected chi connectivity index (χ0v) is 14.6. The number of Topliss-reactive ketones (excluding diaryl/α,β-unsaturated/α-hetero) is 2. The third kappa shape index (κ3) is 5.18. The SMILES string of the molecule is CCCCCCc1ccc(C(=O)CCC(=O)c2cccs2)s1. The van der Waals surface area contributed by atoms with E-state index in [1.165, 1.54) is 41.9 Å². The number of hydrogen-bond acceptors (Lipinski definition) is 4. The van der Waals surface area contributed by atoms with E-state index in [2.05, 4.69) is 13.0 Å². The molecule has 0 atom stereocenters. The Bertz CT molecular complexity index is 596. The van der Waals surface area contributed by atoms with Gasteiger partial charge in [-0.15, -0.1) is 22.7 Å². The Morgan fingerprint density at radius 2 is 1.73 bits per heavy atom. The lowest BCUT2D eigenvalue weighted by Crippen LogP contribution is -2.02. The van der Waals surface area contributed by atoms with E-state index in [4.69, 9.17) is 0 Å². The maximum absolute atomic E-state index is 12.2. The first-order chi connectivity index (χ1) is 10.7. The second kappa shape index (κ2) is 9.01. The number of rotatable bonds is 10. The highest BCUT2D eigenvalue weighted by molar-refractivity contribution is 7.14. The molecule has 0 radical (unpaired) electrons. The van der Waals surface area contributed by atoms with Crippen LogP contribution >= 0.6 is 22.7 Å². The van der Waals surface area contributed by atoms with Crippen molar-refractivity contribution >= 4 is 34.2 Å². The van der Waals surface area contributed by atoms with Gasteiger partial charge in [-0.25, -0.2) is 0 Å². The summed E-state index contributed by atoms with van der Waals surface area (Å²) in [5.41, 5.74) is 0. The van der Waals surface area contributed by atoms with Crippen molar-refractivity contribution in [1.82, 2.24) is 0 Å². The highest BCUT2D eigenvalue weighted by Gasteiger charge is 2.13. The van der Waals surface area contributed by atoms with Crippen molar-refractivity contribution in [3.8, 4) is 0 Å². The van der Waals surface area contributed by atoms with Gasteiger partial charge in [0.25, 0.3) is 0 Å². The number of carbonyl (C=O) groups is 2. The van der Waals surface area contributed by atoms with E-state index >= 15 is 0 Å². The Balaban J connectivity index is 1.78. The molecular formula is C18H22O2S2. The van der Waals surface area contributed by atoms with Crippen LogP contribution in [0.15, 0.2) is 29.6 Å². The van der Waals surface area contributed by atoms with E-state index in [0.717, 1.165) is 16.2 Å². The minimum atomic E-state index is 0.0692. The fourth-order valence-corrected chi connectivity index (χ4v) is 4.01. The van der Waals surface area contributed by atoms with Gasteiger partial charge in [0, 0.05) is 17.7 Å². The van der Waals surface area contributed by atoms with Crippen molar-refractivity contribution in [2.24, 2.45) is 0 Å². The average molecular weight is 335 g/mol. The van der Waals surface area contributed by atoms with Crippen LogP contribution in [-0.2, 0) is 6.42 Å². The van der Waals surface area contributed by atoms with E-state index < -0.39 is 0 Å².